The highest BCUT2D eigenvalue weighted by atomic mass is 19.1. The van der Waals surface area contributed by atoms with E-state index in [0.29, 0.717) is 13.0 Å². The summed E-state index contributed by atoms with van der Waals surface area (Å²) < 4.78 is 17.7. The van der Waals surface area contributed by atoms with Crippen LogP contribution in [0.5, 0.6) is 0 Å². The van der Waals surface area contributed by atoms with Crippen LogP contribution < -0.4 is 5.32 Å². The van der Waals surface area contributed by atoms with Gasteiger partial charge >= 0.3 is 5.97 Å². The number of nitrogens with one attached hydrogen (secondary N) is 1. The monoisotopic (exact) mass is 281 g/mol. The number of hydrogen-bond donors (Lipinski definition) is 1. The van der Waals surface area contributed by atoms with Gasteiger partial charge in [0.15, 0.2) is 0 Å². The largest absolute Gasteiger partial charge is 0.466 e. The number of ether oxygens (including phenoxy) is 1. The van der Waals surface area contributed by atoms with E-state index in [2.05, 4.69) is 12.2 Å². The number of rotatable bonds is 9. The van der Waals surface area contributed by atoms with Gasteiger partial charge in [-0.25, -0.2) is 4.39 Å². The van der Waals surface area contributed by atoms with Gasteiger partial charge in [0, 0.05) is 12.5 Å². The Kier molecular flexibility index (Phi) is 7.88. The summed E-state index contributed by atoms with van der Waals surface area (Å²) in [4.78, 5) is 11.1. The van der Waals surface area contributed by atoms with Gasteiger partial charge in [-0.3, -0.25) is 4.79 Å². The molecule has 1 aromatic rings. The van der Waals surface area contributed by atoms with Gasteiger partial charge in [-0.2, -0.15) is 0 Å². The molecule has 4 heteroatoms. The third-order valence-corrected chi connectivity index (χ3v) is 3.18. The minimum Gasteiger partial charge on any atom is -0.466 e. The van der Waals surface area contributed by atoms with Gasteiger partial charge < -0.3 is 10.1 Å². The lowest BCUT2D eigenvalue weighted by Gasteiger charge is -2.14. The van der Waals surface area contributed by atoms with E-state index in [1.165, 1.54) is 12.1 Å². The first-order valence-corrected chi connectivity index (χ1v) is 7.28. The third kappa shape index (κ3) is 6.66. The second-order valence-corrected chi connectivity index (χ2v) is 4.84. The Labute approximate surface area is 120 Å². The molecule has 0 fully saturated rings. The molecule has 1 N–H and O–H groups in total. The Hall–Kier alpha value is -1.42. The van der Waals surface area contributed by atoms with Crippen molar-refractivity contribution in [2.45, 2.75) is 45.6 Å². The topological polar surface area (TPSA) is 38.3 Å². The molecule has 1 unspecified atom stereocenters. The molecule has 0 radical (unpaired) electrons. The number of halogens is 1. The molecule has 112 valence electrons. The van der Waals surface area contributed by atoms with Crippen molar-refractivity contribution >= 4 is 5.97 Å². The summed E-state index contributed by atoms with van der Waals surface area (Å²) in [6.07, 6.45) is 3.39. The number of esters is 1. The lowest BCUT2D eigenvalue weighted by molar-refractivity contribution is -0.143. The van der Waals surface area contributed by atoms with Gasteiger partial charge in [0.2, 0.25) is 0 Å². The second kappa shape index (κ2) is 9.48. The first-order valence-electron chi connectivity index (χ1n) is 7.28. The smallest absolute Gasteiger partial charge is 0.305 e. The van der Waals surface area contributed by atoms with Crippen molar-refractivity contribution in [2.24, 2.45) is 0 Å². The van der Waals surface area contributed by atoms with Gasteiger partial charge in [0.1, 0.15) is 5.82 Å². The van der Waals surface area contributed by atoms with E-state index in [-0.39, 0.29) is 17.8 Å². The Balaban J connectivity index is 2.09. The SMILES string of the molecule is CCOC(=O)CCCCCNC(C)c1ccc(F)cc1. The van der Waals surface area contributed by atoms with Crippen molar-refractivity contribution in [3.8, 4) is 0 Å². The van der Waals surface area contributed by atoms with E-state index in [9.17, 15) is 9.18 Å². The van der Waals surface area contributed by atoms with Crippen LogP contribution in [0.2, 0.25) is 0 Å². The maximum Gasteiger partial charge on any atom is 0.305 e. The molecule has 0 aliphatic heterocycles. The average molecular weight is 281 g/mol. The summed E-state index contributed by atoms with van der Waals surface area (Å²) in [5, 5.41) is 3.39. The molecule has 1 aromatic carbocycles. The van der Waals surface area contributed by atoms with Crippen LogP contribution in [0, 0.1) is 5.82 Å². The van der Waals surface area contributed by atoms with Gasteiger partial charge in [-0.15, -0.1) is 0 Å². The summed E-state index contributed by atoms with van der Waals surface area (Å²) in [7, 11) is 0. The molecule has 0 amide bonds. The Morgan fingerprint density at radius 2 is 1.95 bits per heavy atom. The molecule has 0 heterocycles. The highest BCUT2D eigenvalue weighted by Gasteiger charge is 2.04. The fourth-order valence-electron chi connectivity index (χ4n) is 1.99. The minimum atomic E-state index is -0.208. The lowest BCUT2D eigenvalue weighted by Crippen LogP contribution is -2.19. The van der Waals surface area contributed by atoms with E-state index in [1.807, 2.05) is 6.92 Å². The molecule has 0 aliphatic carbocycles. The quantitative estimate of drug-likeness (QED) is 0.555. The number of carbonyl (C=O) groups is 1. The van der Waals surface area contributed by atoms with Crippen LogP contribution in [-0.2, 0) is 9.53 Å². The predicted octanol–water partition coefficient (Wildman–Crippen LogP) is 3.60. The zero-order valence-corrected chi connectivity index (χ0v) is 12.3. The second-order valence-electron chi connectivity index (χ2n) is 4.84. The van der Waals surface area contributed by atoms with Crippen molar-refractivity contribution in [3.05, 3.63) is 35.6 Å². The van der Waals surface area contributed by atoms with Crippen LogP contribution in [0.25, 0.3) is 0 Å². The van der Waals surface area contributed by atoms with E-state index >= 15 is 0 Å². The molecule has 0 saturated heterocycles. The minimum absolute atomic E-state index is 0.111. The van der Waals surface area contributed by atoms with Crippen molar-refractivity contribution < 1.29 is 13.9 Å². The van der Waals surface area contributed by atoms with E-state index in [0.717, 1.165) is 31.4 Å². The molecule has 20 heavy (non-hydrogen) atoms. The van der Waals surface area contributed by atoms with Crippen LogP contribution >= 0.6 is 0 Å². The summed E-state index contributed by atoms with van der Waals surface area (Å²) in [6.45, 7) is 5.22. The van der Waals surface area contributed by atoms with Crippen LogP contribution in [-0.4, -0.2) is 19.1 Å². The fraction of sp³-hybridized carbons (Fsp3) is 0.562. The van der Waals surface area contributed by atoms with Crippen LogP contribution in [0.4, 0.5) is 4.39 Å². The van der Waals surface area contributed by atoms with Gasteiger partial charge in [-0.05, 0) is 50.9 Å². The van der Waals surface area contributed by atoms with Crippen LogP contribution in [0.1, 0.15) is 51.1 Å². The highest BCUT2D eigenvalue weighted by Crippen LogP contribution is 2.12. The van der Waals surface area contributed by atoms with Gasteiger partial charge in [0.05, 0.1) is 6.61 Å². The summed E-state index contributed by atoms with van der Waals surface area (Å²) in [5.41, 5.74) is 1.08. The third-order valence-electron chi connectivity index (χ3n) is 3.18. The predicted molar refractivity (Wildman–Crippen MR) is 77.9 cm³/mol. The number of benzene rings is 1. The summed E-state index contributed by atoms with van der Waals surface area (Å²) in [6, 6.07) is 6.77. The number of hydrogen-bond acceptors (Lipinski definition) is 3. The van der Waals surface area contributed by atoms with Crippen LogP contribution in [0.15, 0.2) is 24.3 Å². The molecule has 0 aliphatic rings. The zero-order chi connectivity index (χ0) is 14.8. The molecule has 1 atom stereocenters. The molecule has 0 bridgehead atoms. The number of unbranched alkanes of at least 4 members (excludes halogenated alkanes) is 2. The fourth-order valence-corrected chi connectivity index (χ4v) is 1.99. The zero-order valence-electron chi connectivity index (χ0n) is 12.3. The number of carbonyl (C=O) groups excluding carboxylic acids is 1. The highest BCUT2D eigenvalue weighted by molar-refractivity contribution is 5.69. The van der Waals surface area contributed by atoms with Crippen molar-refractivity contribution in [3.63, 3.8) is 0 Å². The summed E-state index contributed by atoms with van der Waals surface area (Å²) >= 11 is 0. The maximum absolute atomic E-state index is 12.8. The molecule has 0 spiro atoms. The molecular formula is C16H24FNO2. The average Bonchev–Trinajstić information content (AvgIpc) is 2.43. The Bertz CT molecular complexity index is 392. The first kappa shape index (κ1) is 16.6. The maximum atomic E-state index is 12.8. The molecule has 3 nitrogen and oxygen atoms in total. The molecular weight excluding hydrogens is 257 g/mol. The van der Waals surface area contributed by atoms with E-state index in [1.54, 1.807) is 12.1 Å². The molecule has 0 saturated carbocycles. The van der Waals surface area contributed by atoms with Gasteiger partial charge in [0.25, 0.3) is 0 Å². The van der Waals surface area contributed by atoms with E-state index in [4.69, 9.17) is 4.74 Å². The first-order chi connectivity index (χ1) is 9.63. The van der Waals surface area contributed by atoms with Crippen molar-refractivity contribution in [1.29, 1.82) is 0 Å². The van der Waals surface area contributed by atoms with Gasteiger partial charge in [-0.1, -0.05) is 18.6 Å². The van der Waals surface area contributed by atoms with Crippen LogP contribution in [0.3, 0.4) is 0 Å². The van der Waals surface area contributed by atoms with Crippen molar-refractivity contribution in [2.75, 3.05) is 13.2 Å². The molecule has 1 rings (SSSR count). The van der Waals surface area contributed by atoms with E-state index < -0.39 is 0 Å². The summed E-state index contributed by atoms with van der Waals surface area (Å²) in [5.74, 6) is -0.319. The molecule has 0 aromatic heterocycles. The van der Waals surface area contributed by atoms with Crippen molar-refractivity contribution in [1.82, 2.24) is 5.32 Å². The Morgan fingerprint density at radius 3 is 2.60 bits per heavy atom. The normalized spacial score (nSPS) is 12.2. The standard InChI is InChI=1S/C16H24FNO2/c1-3-20-16(19)7-5-4-6-12-18-13(2)14-8-10-15(17)11-9-14/h8-11,13,18H,3-7,12H2,1-2H3. The Morgan fingerprint density at radius 1 is 1.25 bits per heavy atom. The lowest BCUT2D eigenvalue weighted by atomic mass is 10.1.